The van der Waals surface area contributed by atoms with E-state index in [9.17, 15) is 10.1 Å². The Morgan fingerprint density at radius 3 is 2.88 bits per heavy atom. The predicted molar refractivity (Wildman–Crippen MR) is 156 cm³/mol. The number of rotatable bonds is 9. The average molecular weight is 555 g/mol. The lowest BCUT2D eigenvalue weighted by atomic mass is 9.57. The van der Waals surface area contributed by atoms with E-state index >= 15 is 0 Å². The fourth-order valence-electron chi connectivity index (χ4n) is 6.66. The zero-order chi connectivity index (χ0) is 28.6. The van der Waals surface area contributed by atoms with Gasteiger partial charge in [-0.3, -0.25) is 4.79 Å². The number of carbonyl (C=O) groups is 1. The topological polar surface area (TPSA) is 130 Å². The van der Waals surface area contributed by atoms with Crippen molar-refractivity contribution >= 4 is 17.3 Å². The van der Waals surface area contributed by atoms with E-state index in [1.54, 1.807) is 6.33 Å². The fraction of sp³-hybridized carbons (Fsp3) is 0.516. The summed E-state index contributed by atoms with van der Waals surface area (Å²) in [5, 5.41) is 27.9. The zero-order valence-corrected chi connectivity index (χ0v) is 24.0. The number of pyridine rings is 1. The number of anilines is 2. The number of nitriles is 1. The van der Waals surface area contributed by atoms with E-state index in [0.717, 1.165) is 73.7 Å². The minimum atomic E-state index is -0.336. The van der Waals surface area contributed by atoms with Gasteiger partial charge in [0.25, 0.3) is 5.91 Å². The number of hydrogen-bond acceptors (Lipinski definition) is 8. The first-order valence-corrected chi connectivity index (χ1v) is 14.5. The summed E-state index contributed by atoms with van der Waals surface area (Å²) < 4.78 is 7.71. The predicted octanol–water partition coefficient (Wildman–Crippen LogP) is 4.04. The first kappa shape index (κ1) is 27.4. The van der Waals surface area contributed by atoms with Crippen LogP contribution in [0.1, 0.15) is 79.1 Å². The van der Waals surface area contributed by atoms with Crippen LogP contribution in [0.4, 0.5) is 11.4 Å². The molecule has 4 heterocycles. The molecule has 3 aromatic rings. The van der Waals surface area contributed by atoms with Crippen molar-refractivity contribution < 1.29 is 9.53 Å². The number of fused-ring (bicyclic) bond motifs is 1. The summed E-state index contributed by atoms with van der Waals surface area (Å²) in [4.78, 5) is 18.5. The minimum Gasteiger partial charge on any atom is -0.382 e. The molecule has 0 unspecified atom stereocenters. The molecule has 1 atom stereocenters. The Morgan fingerprint density at radius 2 is 2.15 bits per heavy atom. The van der Waals surface area contributed by atoms with Gasteiger partial charge in [0.05, 0.1) is 29.0 Å². The first-order valence-electron chi connectivity index (χ1n) is 14.5. The number of nitrogens with one attached hydrogen (secondary N) is 3. The molecule has 10 nitrogen and oxygen atoms in total. The molecule has 214 valence electrons. The highest BCUT2D eigenvalue weighted by Gasteiger charge is 2.49. The number of carbonyl (C=O) groups excluding carboxylic acids is 1. The van der Waals surface area contributed by atoms with Gasteiger partial charge in [0.2, 0.25) is 0 Å². The number of ether oxygens (including phenoxy) is 1. The van der Waals surface area contributed by atoms with Crippen molar-refractivity contribution in [2.24, 2.45) is 13.0 Å². The Labute approximate surface area is 240 Å². The van der Waals surface area contributed by atoms with Crippen molar-refractivity contribution in [1.82, 2.24) is 25.1 Å². The Hall–Kier alpha value is -3.81. The van der Waals surface area contributed by atoms with Gasteiger partial charge in [-0.05, 0) is 60.9 Å². The summed E-state index contributed by atoms with van der Waals surface area (Å²) in [6.45, 7) is 7.33. The molecule has 6 rings (SSSR count). The van der Waals surface area contributed by atoms with Crippen LogP contribution in [0.5, 0.6) is 0 Å². The standard InChI is InChI=1S/C31H38N8O2/c1-30(2)18-34-26-21(16-33-17-24-8-5-11-41-24)12-25(37-27(26)30)28(40)36-23-7-4-6-22(13-23)31(14-20(15-31)9-10-32)29-38-35-19-39(29)3/h4,6-7,12-13,19-20,24,33-34H,5,8-9,11,14-18H2,1-3H3,(H,36,40)/t20?,24-,31?/m1/s1. The van der Waals surface area contributed by atoms with Gasteiger partial charge in [-0.15, -0.1) is 10.2 Å². The summed E-state index contributed by atoms with van der Waals surface area (Å²) in [6, 6.07) is 12.2. The van der Waals surface area contributed by atoms with Crippen LogP contribution in [-0.4, -0.2) is 51.5 Å². The summed E-state index contributed by atoms with van der Waals surface area (Å²) in [7, 11) is 1.95. The monoisotopic (exact) mass is 554 g/mol. The zero-order valence-electron chi connectivity index (χ0n) is 24.0. The molecular formula is C31H38N8O2. The third-order valence-corrected chi connectivity index (χ3v) is 8.86. The lowest BCUT2D eigenvalue weighted by molar-refractivity contribution is 0.102. The molecule has 3 aliphatic rings. The van der Waals surface area contributed by atoms with Gasteiger partial charge in [-0.2, -0.15) is 5.26 Å². The second-order valence-electron chi connectivity index (χ2n) is 12.4. The molecule has 1 amide bonds. The molecule has 2 aliphatic heterocycles. The molecule has 1 saturated heterocycles. The fourth-order valence-corrected chi connectivity index (χ4v) is 6.66. The largest absolute Gasteiger partial charge is 0.382 e. The normalized spacial score (nSPS) is 24.2. The van der Waals surface area contributed by atoms with Crippen LogP contribution in [0.25, 0.3) is 0 Å². The third kappa shape index (κ3) is 5.20. The van der Waals surface area contributed by atoms with Crippen LogP contribution in [0.2, 0.25) is 0 Å². The minimum absolute atomic E-state index is 0.179. The quantitative estimate of drug-likeness (QED) is 0.361. The van der Waals surface area contributed by atoms with Crippen molar-refractivity contribution in [3.05, 3.63) is 65.0 Å². The molecule has 1 aromatic carbocycles. The number of amides is 1. The summed E-state index contributed by atoms with van der Waals surface area (Å²) in [6.07, 6.45) is 6.32. The van der Waals surface area contributed by atoms with Gasteiger partial charge >= 0.3 is 0 Å². The molecule has 10 heteroatoms. The van der Waals surface area contributed by atoms with Crippen LogP contribution in [0.15, 0.2) is 36.7 Å². The lowest BCUT2D eigenvalue weighted by Crippen LogP contribution is -2.44. The van der Waals surface area contributed by atoms with Crippen LogP contribution in [0, 0.1) is 17.2 Å². The Kier molecular flexibility index (Phi) is 7.26. The molecule has 0 spiro atoms. The van der Waals surface area contributed by atoms with Crippen molar-refractivity contribution in [2.75, 3.05) is 30.3 Å². The van der Waals surface area contributed by atoms with Crippen molar-refractivity contribution in [2.45, 2.75) is 69.4 Å². The molecule has 2 fully saturated rings. The van der Waals surface area contributed by atoms with Crippen LogP contribution in [-0.2, 0) is 29.2 Å². The van der Waals surface area contributed by atoms with Gasteiger partial charge in [0, 0.05) is 50.8 Å². The molecule has 3 N–H and O–H groups in total. The van der Waals surface area contributed by atoms with E-state index in [1.165, 1.54) is 0 Å². The molecular weight excluding hydrogens is 516 g/mol. The highest BCUT2D eigenvalue weighted by atomic mass is 16.5. The van der Waals surface area contributed by atoms with Crippen LogP contribution in [0.3, 0.4) is 0 Å². The second kappa shape index (κ2) is 10.9. The molecule has 0 radical (unpaired) electrons. The molecule has 1 saturated carbocycles. The van der Waals surface area contributed by atoms with E-state index in [-0.39, 0.29) is 22.8 Å². The highest BCUT2D eigenvalue weighted by molar-refractivity contribution is 6.03. The number of nitrogens with zero attached hydrogens (tertiary/aromatic N) is 5. The van der Waals surface area contributed by atoms with Gasteiger partial charge in [-0.25, -0.2) is 4.98 Å². The van der Waals surface area contributed by atoms with E-state index in [2.05, 4.69) is 52.1 Å². The van der Waals surface area contributed by atoms with E-state index in [1.807, 2.05) is 35.9 Å². The second-order valence-corrected chi connectivity index (χ2v) is 12.4. The van der Waals surface area contributed by atoms with E-state index in [0.29, 0.717) is 30.3 Å². The lowest BCUT2D eigenvalue weighted by Gasteiger charge is -2.46. The average Bonchev–Trinajstić information content (AvgIpc) is 3.67. The third-order valence-electron chi connectivity index (χ3n) is 8.86. The van der Waals surface area contributed by atoms with Crippen molar-refractivity contribution in [1.29, 1.82) is 5.26 Å². The van der Waals surface area contributed by atoms with Crippen LogP contribution >= 0.6 is 0 Å². The summed E-state index contributed by atoms with van der Waals surface area (Å²) >= 11 is 0. The molecule has 41 heavy (non-hydrogen) atoms. The summed E-state index contributed by atoms with van der Waals surface area (Å²) in [5.41, 5.74) is 4.64. The van der Waals surface area contributed by atoms with E-state index in [4.69, 9.17) is 9.72 Å². The molecule has 0 bridgehead atoms. The first-order chi connectivity index (χ1) is 19.8. The maximum atomic E-state index is 13.6. The Balaban J connectivity index is 1.24. The molecule has 2 aromatic heterocycles. The number of aryl methyl sites for hydroxylation is 1. The SMILES string of the molecule is Cn1cnnc1C1(c2cccc(NC(=O)c3cc(CNC[C@H]4CCCO4)c4c(n3)C(C)(C)CN4)c2)CC(CC#N)C1. The maximum absolute atomic E-state index is 13.6. The van der Waals surface area contributed by atoms with Gasteiger partial charge in [0.15, 0.2) is 0 Å². The molecule has 1 aliphatic carbocycles. The van der Waals surface area contributed by atoms with Gasteiger partial charge < -0.3 is 25.3 Å². The number of benzene rings is 1. The van der Waals surface area contributed by atoms with Gasteiger partial charge in [-0.1, -0.05) is 26.0 Å². The Morgan fingerprint density at radius 1 is 1.29 bits per heavy atom. The van der Waals surface area contributed by atoms with Crippen molar-refractivity contribution in [3.8, 4) is 6.07 Å². The highest BCUT2D eigenvalue weighted by Crippen LogP contribution is 2.53. The maximum Gasteiger partial charge on any atom is 0.274 e. The number of hydrogen-bond donors (Lipinski definition) is 3. The van der Waals surface area contributed by atoms with Crippen LogP contribution < -0.4 is 16.0 Å². The van der Waals surface area contributed by atoms with Crippen molar-refractivity contribution in [3.63, 3.8) is 0 Å². The summed E-state index contributed by atoms with van der Waals surface area (Å²) in [5.74, 6) is 0.955. The Bertz CT molecular complexity index is 1480. The smallest absolute Gasteiger partial charge is 0.274 e. The van der Waals surface area contributed by atoms with Gasteiger partial charge in [0.1, 0.15) is 17.8 Å². The number of aromatic nitrogens is 4. The van der Waals surface area contributed by atoms with E-state index < -0.39 is 0 Å².